The largest absolute Gasteiger partial charge is 0.334 e. The van der Waals surface area contributed by atoms with Gasteiger partial charge in [-0.15, -0.1) is 0 Å². The molecular weight excluding hydrogens is 458 g/mol. The first-order chi connectivity index (χ1) is 17.0. The quantitative estimate of drug-likeness (QED) is 0.185. The van der Waals surface area contributed by atoms with Crippen molar-refractivity contribution in [1.82, 2.24) is 9.88 Å². The number of halogens is 1. The second kappa shape index (κ2) is 11.0. The summed E-state index contributed by atoms with van der Waals surface area (Å²) in [7, 11) is 0. The Labute approximate surface area is 210 Å². The lowest BCUT2D eigenvalue weighted by Crippen LogP contribution is -2.27. The molecule has 0 spiro atoms. The van der Waals surface area contributed by atoms with Crippen LogP contribution in [0.4, 0.5) is 5.69 Å². The summed E-state index contributed by atoms with van der Waals surface area (Å²) >= 11 is 6.37. The minimum Gasteiger partial charge on any atom is -0.334 e. The van der Waals surface area contributed by atoms with Gasteiger partial charge >= 0.3 is 0 Å². The summed E-state index contributed by atoms with van der Waals surface area (Å²) in [6.45, 7) is 2.41. The molecule has 0 atom stereocenters. The average Bonchev–Trinajstić information content (AvgIpc) is 3.20. The van der Waals surface area contributed by atoms with Crippen molar-refractivity contribution in [2.45, 2.75) is 32.9 Å². The molecular formula is C28H28ClN5O. The SMILES string of the molecule is Cc1ccc2c(c1)cc(CCCc1ccccc1)n2CNC(=O)c1ccc(N(C=N)C=N)cc1Cl. The number of benzene rings is 3. The highest BCUT2D eigenvalue weighted by Gasteiger charge is 2.14. The number of rotatable bonds is 10. The Balaban J connectivity index is 1.51. The van der Waals surface area contributed by atoms with Crippen LogP contribution < -0.4 is 10.2 Å². The first kappa shape index (κ1) is 24.2. The van der Waals surface area contributed by atoms with Crippen LogP contribution in [0.3, 0.4) is 0 Å². The van der Waals surface area contributed by atoms with Gasteiger partial charge in [0.15, 0.2) is 0 Å². The van der Waals surface area contributed by atoms with E-state index in [1.54, 1.807) is 18.2 Å². The van der Waals surface area contributed by atoms with Gasteiger partial charge in [-0.1, -0.05) is 53.6 Å². The summed E-state index contributed by atoms with van der Waals surface area (Å²) in [4.78, 5) is 14.3. The fourth-order valence-corrected chi connectivity index (χ4v) is 4.50. The zero-order chi connectivity index (χ0) is 24.8. The number of aromatic nitrogens is 1. The van der Waals surface area contributed by atoms with Crippen LogP contribution in [0.5, 0.6) is 0 Å². The third kappa shape index (κ3) is 5.61. The molecule has 4 rings (SSSR count). The summed E-state index contributed by atoms with van der Waals surface area (Å²) in [5, 5.41) is 19.2. The van der Waals surface area contributed by atoms with Crippen LogP contribution in [-0.4, -0.2) is 23.2 Å². The first-order valence-corrected chi connectivity index (χ1v) is 11.9. The van der Waals surface area contributed by atoms with Gasteiger partial charge in [-0.3, -0.25) is 20.5 Å². The normalized spacial score (nSPS) is 10.8. The van der Waals surface area contributed by atoms with Crippen LogP contribution in [0, 0.1) is 17.7 Å². The van der Waals surface area contributed by atoms with E-state index in [0.29, 0.717) is 17.9 Å². The highest BCUT2D eigenvalue weighted by Crippen LogP contribution is 2.25. The van der Waals surface area contributed by atoms with E-state index in [4.69, 9.17) is 22.4 Å². The smallest absolute Gasteiger partial charge is 0.254 e. The molecule has 3 aromatic carbocycles. The van der Waals surface area contributed by atoms with Crippen LogP contribution in [0.1, 0.15) is 33.6 Å². The summed E-state index contributed by atoms with van der Waals surface area (Å²) in [6.07, 6.45) is 4.93. The van der Waals surface area contributed by atoms with Crippen molar-refractivity contribution in [3.05, 3.63) is 100 Å². The number of nitrogens with one attached hydrogen (secondary N) is 3. The standard InChI is InChI=1S/C28H28ClN5O/c1-20-10-13-27-22(14-20)15-24(9-5-8-21-6-3-2-4-7-21)34(27)19-32-28(35)25-12-11-23(16-26(25)29)33(17-30)18-31/h2-4,6-7,10-18,30-31H,5,8-9,19H2,1H3,(H,32,35). The molecule has 1 aromatic heterocycles. The lowest BCUT2D eigenvalue weighted by molar-refractivity contribution is 0.0942. The van der Waals surface area contributed by atoms with E-state index in [0.717, 1.165) is 42.8 Å². The molecule has 0 saturated carbocycles. The molecule has 1 heterocycles. The number of hydrogen-bond acceptors (Lipinski definition) is 3. The molecule has 0 aliphatic rings. The van der Waals surface area contributed by atoms with Gasteiger partial charge in [0, 0.05) is 22.3 Å². The van der Waals surface area contributed by atoms with Gasteiger partial charge in [0.05, 0.1) is 29.9 Å². The molecule has 6 nitrogen and oxygen atoms in total. The van der Waals surface area contributed by atoms with Gasteiger partial charge in [0.25, 0.3) is 5.91 Å². The van der Waals surface area contributed by atoms with Gasteiger partial charge in [-0.05, 0) is 68.1 Å². The van der Waals surface area contributed by atoms with Crippen molar-refractivity contribution in [3.63, 3.8) is 0 Å². The Hall–Kier alpha value is -3.90. The van der Waals surface area contributed by atoms with Crippen LogP contribution in [-0.2, 0) is 19.5 Å². The van der Waals surface area contributed by atoms with Crippen LogP contribution in [0.25, 0.3) is 10.9 Å². The summed E-state index contributed by atoms with van der Waals surface area (Å²) < 4.78 is 2.16. The number of carbonyl (C=O) groups is 1. The maximum atomic E-state index is 13.0. The predicted molar refractivity (Wildman–Crippen MR) is 144 cm³/mol. The molecule has 0 radical (unpaired) electrons. The van der Waals surface area contributed by atoms with Crippen LogP contribution >= 0.6 is 11.6 Å². The topological polar surface area (TPSA) is 85.0 Å². The molecule has 0 bridgehead atoms. The molecule has 3 N–H and O–H groups in total. The lowest BCUT2D eigenvalue weighted by Gasteiger charge is -2.15. The van der Waals surface area contributed by atoms with E-state index in [9.17, 15) is 4.79 Å². The second-order valence-electron chi connectivity index (χ2n) is 8.46. The number of amides is 1. The maximum absolute atomic E-state index is 13.0. The van der Waals surface area contributed by atoms with Gasteiger partial charge in [0.2, 0.25) is 0 Å². The molecule has 4 aromatic rings. The van der Waals surface area contributed by atoms with Gasteiger partial charge in [-0.2, -0.15) is 0 Å². The molecule has 0 aliphatic heterocycles. The third-order valence-corrected chi connectivity index (χ3v) is 6.37. The third-order valence-electron chi connectivity index (χ3n) is 6.06. The van der Waals surface area contributed by atoms with Gasteiger partial charge in [-0.25, -0.2) is 0 Å². The Morgan fingerprint density at radius 1 is 1.00 bits per heavy atom. The highest BCUT2D eigenvalue weighted by atomic mass is 35.5. The predicted octanol–water partition coefficient (Wildman–Crippen LogP) is 6.19. The molecule has 178 valence electrons. The number of carbonyl (C=O) groups excluding carboxylic acids is 1. The summed E-state index contributed by atoms with van der Waals surface area (Å²) in [5.74, 6) is -0.276. The number of hydrogen-bond donors (Lipinski definition) is 3. The highest BCUT2D eigenvalue weighted by molar-refractivity contribution is 6.34. The van der Waals surface area contributed by atoms with Crippen molar-refractivity contribution >= 4 is 46.8 Å². The van der Waals surface area contributed by atoms with Crippen LogP contribution in [0.2, 0.25) is 5.02 Å². The van der Waals surface area contributed by atoms with Crippen molar-refractivity contribution in [2.75, 3.05) is 4.90 Å². The van der Waals surface area contributed by atoms with E-state index in [1.807, 2.05) is 6.07 Å². The molecule has 1 amide bonds. The lowest BCUT2D eigenvalue weighted by atomic mass is 10.1. The Kier molecular flexibility index (Phi) is 7.63. The number of nitrogens with zero attached hydrogens (tertiary/aromatic N) is 2. The molecule has 35 heavy (non-hydrogen) atoms. The molecule has 0 unspecified atom stereocenters. The van der Waals surface area contributed by atoms with Crippen molar-refractivity contribution in [1.29, 1.82) is 10.8 Å². The van der Waals surface area contributed by atoms with Crippen molar-refractivity contribution in [2.24, 2.45) is 0 Å². The zero-order valence-electron chi connectivity index (χ0n) is 19.6. The van der Waals surface area contributed by atoms with Gasteiger partial charge < -0.3 is 9.88 Å². The van der Waals surface area contributed by atoms with E-state index >= 15 is 0 Å². The molecule has 0 fully saturated rings. The number of anilines is 1. The fraction of sp³-hybridized carbons (Fsp3) is 0.179. The van der Waals surface area contributed by atoms with Gasteiger partial charge in [0.1, 0.15) is 0 Å². The van der Waals surface area contributed by atoms with Crippen LogP contribution in [0.15, 0.2) is 72.8 Å². The number of fused-ring (bicyclic) bond motifs is 1. The minimum atomic E-state index is -0.276. The van der Waals surface area contributed by atoms with E-state index in [1.165, 1.54) is 21.7 Å². The molecule has 0 saturated heterocycles. The molecule has 7 heteroatoms. The Bertz CT molecular complexity index is 1350. The van der Waals surface area contributed by atoms with E-state index in [2.05, 4.69) is 65.3 Å². The summed E-state index contributed by atoms with van der Waals surface area (Å²) in [5.41, 5.74) is 5.68. The molecule has 0 aliphatic carbocycles. The minimum absolute atomic E-state index is 0.268. The maximum Gasteiger partial charge on any atom is 0.254 e. The zero-order valence-corrected chi connectivity index (χ0v) is 20.3. The summed E-state index contributed by atoms with van der Waals surface area (Å²) in [6, 6.07) is 23.9. The van der Waals surface area contributed by atoms with E-state index in [-0.39, 0.29) is 10.9 Å². The second-order valence-corrected chi connectivity index (χ2v) is 8.87. The average molecular weight is 486 g/mol. The number of aryl methyl sites for hydroxylation is 3. The Morgan fingerprint density at radius 2 is 1.77 bits per heavy atom. The monoisotopic (exact) mass is 485 g/mol. The first-order valence-electron chi connectivity index (χ1n) is 11.5. The van der Waals surface area contributed by atoms with E-state index < -0.39 is 0 Å². The van der Waals surface area contributed by atoms with Crippen molar-refractivity contribution in [3.8, 4) is 0 Å². The Morgan fingerprint density at radius 3 is 2.49 bits per heavy atom. The van der Waals surface area contributed by atoms with Crippen molar-refractivity contribution < 1.29 is 4.79 Å². The fourth-order valence-electron chi connectivity index (χ4n) is 4.24.